The molecule has 21 heavy (non-hydrogen) atoms. The van der Waals surface area contributed by atoms with E-state index in [-0.39, 0.29) is 0 Å². The molecule has 0 radical (unpaired) electrons. The third-order valence-electron chi connectivity index (χ3n) is 3.73. The molecule has 118 valence electrons. The summed E-state index contributed by atoms with van der Waals surface area (Å²) in [4.78, 5) is 6.90. The number of hydrogen-bond donors (Lipinski definition) is 1. The molecule has 0 amide bonds. The summed E-state index contributed by atoms with van der Waals surface area (Å²) >= 11 is 3.48. The zero-order valence-corrected chi connectivity index (χ0v) is 14.5. The molecule has 0 spiro atoms. The molecule has 0 unspecified atom stereocenters. The molecule has 2 heterocycles. The Hall–Kier alpha value is -0.650. The van der Waals surface area contributed by atoms with Crippen molar-refractivity contribution in [3.05, 3.63) is 22.3 Å². The van der Waals surface area contributed by atoms with E-state index in [2.05, 4.69) is 44.1 Å². The predicted molar refractivity (Wildman–Crippen MR) is 89.7 cm³/mol. The highest BCUT2D eigenvalue weighted by atomic mass is 79.9. The van der Waals surface area contributed by atoms with Crippen molar-refractivity contribution in [2.24, 2.45) is 0 Å². The van der Waals surface area contributed by atoms with Crippen LogP contribution in [-0.2, 0) is 6.54 Å². The predicted octanol–water partition coefficient (Wildman–Crippen LogP) is 3.21. The fourth-order valence-electron chi connectivity index (χ4n) is 2.58. The lowest BCUT2D eigenvalue weighted by atomic mass is 10.1. The summed E-state index contributed by atoms with van der Waals surface area (Å²) < 4.78 is 6.91. The number of aromatic nitrogens is 1. The van der Waals surface area contributed by atoms with Gasteiger partial charge in [0.2, 0.25) is 5.88 Å². The molecule has 0 aliphatic carbocycles. The van der Waals surface area contributed by atoms with E-state index < -0.39 is 0 Å². The molecule has 5 heteroatoms. The minimum atomic E-state index is 0.718. The number of pyridine rings is 1. The van der Waals surface area contributed by atoms with E-state index in [0.29, 0.717) is 0 Å². The lowest BCUT2D eigenvalue weighted by Gasteiger charge is -2.26. The highest BCUT2D eigenvalue weighted by Crippen LogP contribution is 2.20. The number of hydrogen-bond acceptors (Lipinski definition) is 4. The average molecular weight is 356 g/mol. The van der Waals surface area contributed by atoms with E-state index in [1.165, 1.54) is 32.4 Å². The molecule has 1 aliphatic rings. The van der Waals surface area contributed by atoms with Crippen LogP contribution in [0.4, 0.5) is 0 Å². The summed E-state index contributed by atoms with van der Waals surface area (Å²) in [5.41, 5.74) is 1.12. The SMILES string of the molecule is CCCNCc1cc(Br)cnc1OCCN1CCCCC1. The van der Waals surface area contributed by atoms with Crippen molar-refractivity contribution in [1.29, 1.82) is 0 Å². The Morgan fingerprint density at radius 3 is 2.90 bits per heavy atom. The number of nitrogens with one attached hydrogen (secondary N) is 1. The Bertz CT molecular complexity index is 422. The maximum absolute atomic E-state index is 5.91. The Balaban J connectivity index is 1.82. The van der Waals surface area contributed by atoms with E-state index in [0.717, 1.165) is 48.6 Å². The van der Waals surface area contributed by atoms with Crippen molar-refractivity contribution in [2.75, 3.05) is 32.8 Å². The van der Waals surface area contributed by atoms with Gasteiger partial charge in [0, 0.05) is 29.3 Å². The summed E-state index contributed by atoms with van der Waals surface area (Å²) in [6, 6.07) is 2.09. The molecule has 1 aromatic heterocycles. The van der Waals surface area contributed by atoms with Crippen molar-refractivity contribution in [1.82, 2.24) is 15.2 Å². The molecule has 0 saturated carbocycles. The van der Waals surface area contributed by atoms with Crippen LogP contribution in [-0.4, -0.2) is 42.7 Å². The molecular formula is C16H26BrN3O. The Morgan fingerprint density at radius 2 is 2.14 bits per heavy atom. The quantitative estimate of drug-likeness (QED) is 0.726. The topological polar surface area (TPSA) is 37.4 Å². The highest BCUT2D eigenvalue weighted by molar-refractivity contribution is 9.10. The minimum Gasteiger partial charge on any atom is -0.476 e. The molecule has 1 aliphatic heterocycles. The van der Waals surface area contributed by atoms with Gasteiger partial charge in [-0.3, -0.25) is 4.90 Å². The van der Waals surface area contributed by atoms with Crippen LogP contribution in [0.5, 0.6) is 5.88 Å². The third kappa shape index (κ3) is 5.93. The van der Waals surface area contributed by atoms with Crippen molar-refractivity contribution in [3.63, 3.8) is 0 Å². The van der Waals surface area contributed by atoms with Crippen molar-refractivity contribution < 1.29 is 4.74 Å². The Labute approximate surface area is 136 Å². The van der Waals surface area contributed by atoms with E-state index in [4.69, 9.17) is 4.74 Å². The second-order valence-electron chi connectivity index (χ2n) is 5.55. The second-order valence-corrected chi connectivity index (χ2v) is 6.46. The fourth-order valence-corrected chi connectivity index (χ4v) is 2.96. The zero-order valence-electron chi connectivity index (χ0n) is 12.9. The first-order chi connectivity index (χ1) is 10.3. The maximum atomic E-state index is 5.91. The molecule has 1 N–H and O–H groups in total. The van der Waals surface area contributed by atoms with Gasteiger partial charge in [-0.15, -0.1) is 0 Å². The number of likely N-dealkylation sites (tertiary alicyclic amines) is 1. The molecule has 0 aromatic carbocycles. The van der Waals surface area contributed by atoms with Crippen LogP contribution in [0.15, 0.2) is 16.7 Å². The number of rotatable bonds is 8. The maximum Gasteiger partial charge on any atom is 0.217 e. The third-order valence-corrected chi connectivity index (χ3v) is 4.16. The number of piperidine rings is 1. The minimum absolute atomic E-state index is 0.718. The summed E-state index contributed by atoms with van der Waals surface area (Å²) in [5, 5.41) is 3.41. The van der Waals surface area contributed by atoms with Gasteiger partial charge in [-0.25, -0.2) is 4.98 Å². The molecule has 4 nitrogen and oxygen atoms in total. The fraction of sp³-hybridized carbons (Fsp3) is 0.688. The van der Waals surface area contributed by atoms with Crippen molar-refractivity contribution in [2.45, 2.75) is 39.2 Å². The van der Waals surface area contributed by atoms with E-state index in [1.54, 1.807) is 6.20 Å². The first-order valence-electron chi connectivity index (χ1n) is 8.00. The summed E-state index contributed by atoms with van der Waals surface area (Å²) in [7, 11) is 0. The molecular weight excluding hydrogens is 330 g/mol. The highest BCUT2D eigenvalue weighted by Gasteiger charge is 2.11. The molecule has 1 fully saturated rings. The van der Waals surface area contributed by atoms with E-state index >= 15 is 0 Å². The monoisotopic (exact) mass is 355 g/mol. The van der Waals surface area contributed by atoms with Gasteiger partial charge in [0.1, 0.15) is 6.61 Å². The van der Waals surface area contributed by atoms with Gasteiger partial charge < -0.3 is 10.1 Å². The largest absolute Gasteiger partial charge is 0.476 e. The van der Waals surface area contributed by atoms with Gasteiger partial charge in [-0.2, -0.15) is 0 Å². The Morgan fingerprint density at radius 1 is 1.33 bits per heavy atom. The standard InChI is InChI=1S/C16H26BrN3O/c1-2-6-18-12-14-11-15(17)13-19-16(14)21-10-9-20-7-4-3-5-8-20/h11,13,18H,2-10,12H2,1H3. The van der Waals surface area contributed by atoms with Crippen molar-refractivity contribution >= 4 is 15.9 Å². The molecule has 1 saturated heterocycles. The lowest BCUT2D eigenvalue weighted by Crippen LogP contribution is -2.33. The normalized spacial score (nSPS) is 16.1. The summed E-state index contributed by atoms with van der Waals surface area (Å²) in [5.74, 6) is 0.763. The van der Waals surface area contributed by atoms with Gasteiger partial charge in [-0.1, -0.05) is 13.3 Å². The first kappa shape index (κ1) is 16.7. The molecule has 0 bridgehead atoms. The van der Waals surface area contributed by atoms with Crippen LogP contribution in [0, 0.1) is 0 Å². The van der Waals surface area contributed by atoms with Crippen LogP contribution in [0.2, 0.25) is 0 Å². The van der Waals surface area contributed by atoms with Gasteiger partial charge in [0.05, 0.1) is 0 Å². The van der Waals surface area contributed by atoms with Crippen LogP contribution in [0.3, 0.4) is 0 Å². The first-order valence-corrected chi connectivity index (χ1v) is 8.79. The van der Waals surface area contributed by atoms with Crippen molar-refractivity contribution in [3.8, 4) is 5.88 Å². The van der Waals surface area contributed by atoms with Crippen LogP contribution in [0.25, 0.3) is 0 Å². The van der Waals surface area contributed by atoms with E-state index in [1.807, 2.05) is 0 Å². The van der Waals surface area contributed by atoms with E-state index in [9.17, 15) is 0 Å². The summed E-state index contributed by atoms with van der Waals surface area (Å²) in [6.45, 7) is 8.13. The van der Waals surface area contributed by atoms with Crippen LogP contribution >= 0.6 is 15.9 Å². The lowest BCUT2D eigenvalue weighted by molar-refractivity contribution is 0.179. The average Bonchev–Trinajstić information content (AvgIpc) is 2.51. The zero-order chi connectivity index (χ0) is 14.9. The number of ether oxygens (including phenoxy) is 1. The number of nitrogens with zero attached hydrogens (tertiary/aromatic N) is 2. The smallest absolute Gasteiger partial charge is 0.217 e. The summed E-state index contributed by atoms with van der Waals surface area (Å²) in [6.07, 6.45) is 6.95. The van der Waals surface area contributed by atoms with Crippen LogP contribution in [0.1, 0.15) is 38.2 Å². The molecule has 1 aromatic rings. The van der Waals surface area contributed by atoms with Crippen LogP contribution < -0.4 is 10.1 Å². The molecule has 2 rings (SSSR count). The van der Waals surface area contributed by atoms with Gasteiger partial charge in [-0.05, 0) is 60.9 Å². The number of halogens is 1. The van der Waals surface area contributed by atoms with Gasteiger partial charge >= 0.3 is 0 Å². The van der Waals surface area contributed by atoms with Gasteiger partial charge in [0.25, 0.3) is 0 Å². The Kier molecular flexibility index (Phi) is 7.47. The molecule has 0 atom stereocenters. The second kappa shape index (κ2) is 9.38. The van der Waals surface area contributed by atoms with Gasteiger partial charge in [0.15, 0.2) is 0 Å².